The number of para-hydroxylation sites is 1. The van der Waals surface area contributed by atoms with Gasteiger partial charge in [-0.3, -0.25) is 4.79 Å². The minimum atomic E-state index is -1.17. The van der Waals surface area contributed by atoms with Crippen LogP contribution in [0, 0.1) is 5.41 Å². The van der Waals surface area contributed by atoms with E-state index < -0.39 is 34.8 Å². The predicted molar refractivity (Wildman–Crippen MR) is 68.1 cm³/mol. The van der Waals surface area contributed by atoms with Crippen LogP contribution in [0.15, 0.2) is 18.2 Å². The number of hydrogen-bond donors (Lipinski definition) is 4. The van der Waals surface area contributed by atoms with Crippen LogP contribution in [0.25, 0.3) is 0 Å². The lowest BCUT2D eigenvalue weighted by Gasteiger charge is -2.27. The number of benzene rings is 1. The minimum absolute atomic E-state index is 0.171. The average molecular weight is 267 g/mol. The van der Waals surface area contributed by atoms with Crippen molar-refractivity contribution in [2.75, 3.05) is 0 Å². The molecule has 0 fully saturated rings. The van der Waals surface area contributed by atoms with Gasteiger partial charge in [0.2, 0.25) is 0 Å². The second-order valence-electron chi connectivity index (χ2n) is 5.28. The van der Waals surface area contributed by atoms with E-state index in [9.17, 15) is 19.8 Å². The molecular weight excluding hydrogens is 250 g/mol. The fourth-order valence-corrected chi connectivity index (χ4v) is 1.57. The van der Waals surface area contributed by atoms with Crippen molar-refractivity contribution in [2.45, 2.75) is 26.8 Å². The van der Waals surface area contributed by atoms with Crippen molar-refractivity contribution in [3.8, 4) is 11.5 Å². The van der Waals surface area contributed by atoms with E-state index in [1.807, 2.05) is 0 Å². The number of hydrogen-bond acceptors (Lipinski definition) is 4. The largest absolute Gasteiger partial charge is 0.504 e. The average Bonchev–Trinajstić information content (AvgIpc) is 2.27. The molecule has 104 valence electrons. The van der Waals surface area contributed by atoms with Crippen LogP contribution in [0.3, 0.4) is 0 Å². The van der Waals surface area contributed by atoms with Gasteiger partial charge in [0.15, 0.2) is 11.5 Å². The second-order valence-corrected chi connectivity index (χ2v) is 5.28. The van der Waals surface area contributed by atoms with Gasteiger partial charge in [-0.1, -0.05) is 26.8 Å². The summed E-state index contributed by atoms with van der Waals surface area (Å²) in [6, 6.07) is 2.80. The lowest BCUT2D eigenvalue weighted by atomic mass is 9.86. The Morgan fingerprint density at radius 3 is 2.26 bits per heavy atom. The maximum Gasteiger partial charge on any atom is 0.326 e. The van der Waals surface area contributed by atoms with Gasteiger partial charge in [0.1, 0.15) is 6.04 Å². The van der Waals surface area contributed by atoms with Crippen LogP contribution in [0.1, 0.15) is 31.1 Å². The number of phenolic OH excluding ortho intramolecular Hbond substituents is 2. The Morgan fingerprint density at radius 1 is 1.21 bits per heavy atom. The minimum Gasteiger partial charge on any atom is -0.504 e. The van der Waals surface area contributed by atoms with Crippen LogP contribution < -0.4 is 5.32 Å². The van der Waals surface area contributed by atoms with E-state index >= 15 is 0 Å². The van der Waals surface area contributed by atoms with Crippen molar-refractivity contribution in [3.63, 3.8) is 0 Å². The maximum absolute atomic E-state index is 11.9. The molecule has 1 atom stereocenters. The molecule has 0 spiro atoms. The highest BCUT2D eigenvalue weighted by atomic mass is 16.4. The summed E-state index contributed by atoms with van der Waals surface area (Å²) in [5, 5.41) is 30.3. The molecule has 1 aromatic carbocycles. The van der Waals surface area contributed by atoms with Crippen molar-refractivity contribution in [1.29, 1.82) is 0 Å². The molecule has 0 bridgehead atoms. The van der Waals surface area contributed by atoms with E-state index in [4.69, 9.17) is 5.11 Å². The highest BCUT2D eigenvalue weighted by Gasteiger charge is 2.33. The lowest BCUT2D eigenvalue weighted by Crippen LogP contribution is -2.49. The lowest BCUT2D eigenvalue weighted by molar-refractivity contribution is -0.142. The maximum atomic E-state index is 11.9. The third-order valence-corrected chi connectivity index (χ3v) is 2.65. The first kappa shape index (κ1) is 14.8. The first-order chi connectivity index (χ1) is 8.64. The van der Waals surface area contributed by atoms with Crippen LogP contribution >= 0.6 is 0 Å². The SMILES string of the molecule is CC(C)(C)[C@H](NC(=O)c1cccc(O)c1O)C(=O)O. The van der Waals surface area contributed by atoms with Gasteiger partial charge in [-0.2, -0.15) is 0 Å². The predicted octanol–water partition coefficient (Wildman–Crippen LogP) is 1.33. The Morgan fingerprint density at radius 2 is 1.79 bits per heavy atom. The first-order valence-corrected chi connectivity index (χ1v) is 5.69. The molecule has 4 N–H and O–H groups in total. The Labute approximate surface area is 110 Å². The molecule has 6 heteroatoms. The summed E-state index contributed by atoms with van der Waals surface area (Å²) in [6.45, 7) is 5.02. The van der Waals surface area contributed by atoms with Gasteiger partial charge in [0, 0.05) is 0 Å². The van der Waals surface area contributed by atoms with Crippen molar-refractivity contribution in [1.82, 2.24) is 5.32 Å². The van der Waals surface area contributed by atoms with E-state index in [-0.39, 0.29) is 5.56 Å². The molecule has 0 aliphatic heterocycles. The van der Waals surface area contributed by atoms with E-state index in [1.165, 1.54) is 18.2 Å². The highest BCUT2D eigenvalue weighted by molar-refractivity contribution is 5.99. The van der Waals surface area contributed by atoms with Crippen LogP contribution in [-0.2, 0) is 4.79 Å². The number of carboxylic acid groups (broad SMARTS) is 1. The van der Waals surface area contributed by atoms with E-state index in [1.54, 1.807) is 20.8 Å². The van der Waals surface area contributed by atoms with Gasteiger partial charge in [-0.15, -0.1) is 0 Å². The molecule has 6 nitrogen and oxygen atoms in total. The van der Waals surface area contributed by atoms with Crippen LogP contribution in [0.4, 0.5) is 0 Å². The number of rotatable bonds is 3. The zero-order chi connectivity index (χ0) is 14.8. The molecule has 0 heterocycles. The molecule has 0 saturated heterocycles. The Hall–Kier alpha value is -2.24. The molecule has 19 heavy (non-hydrogen) atoms. The van der Waals surface area contributed by atoms with Crippen molar-refractivity contribution in [2.24, 2.45) is 5.41 Å². The topological polar surface area (TPSA) is 107 Å². The summed E-state index contributed by atoms with van der Waals surface area (Å²) in [5.41, 5.74) is -0.857. The normalized spacial score (nSPS) is 12.8. The number of amides is 1. The van der Waals surface area contributed by atoms with Gasteiger partial charge in [0.25, 0.3) is 5.91 Å². The molecule has 0 unspecified atom stereocenters. The molecule has 0 saturated carbocycles. The van der Waals surface area contributed by atoms with Gasteiger partial charge in [-0.25, -0.2) is 4.79 Å². The fraction of sp³-hybridized carbons (Fsp3) is 0.385. The monoisotopic (exact) mass is 267 g/mol. The number of carbonyl (C=O) groups excluding carboxylic acids is 1. The Bertz CT molecular complexity index is 504. The molecule has 0 aromatic heterocycles. The zero-order valence-corrected chi connectivity index (χ0v) is 11.0. The van der Waals surface area contributed by atoms with E-state index in [0.717, 1.165) is 0 Å². The summed E-state index contributed by atoms with van der Waals surface area (Å²) in [7, 11) is 0. The number of aliphatic carboxylic acids is 1. The Kier molecular flexibility index (Phi) is 4.04. The number of aromatic hydroxyl groups is 2. The summed E-state index contributed by atoms with van der Waals surface area (Å²) in [5.74, 6) is -2.93. The van der Waals surface area contributed by atoms with Gasteiger partial charge < -0.3 is 20.6 Å². The molecular formula is C13H17NO5. The molecule has 0 radical (unpaired) electrons. The summed E-state index contributed by atoms with van der Waals surface area (Å²) >= 11 is 0. The van der Waals surface area contributed by atoms with Crippen molar-refractivity contribution in [3.05, 3.63) is 23.8 Å². The van der Waals surface area contributed by atoms with Crippen molar-refractivity contribution < 1.29 is 24.9 Å². The highest BCUT2D eigenvalue weighted by Crippen LogP contribution is 2.28. The molecule has 1 rings (SSSR count). The second kappa shape index (κ2) is 5.17. The first-order valence-electron chi connectivity index (χ1n) is 5.69. The van der Waals surface area contributed by atoms with E-state index in [2.05, 4.69) is 5.32 Å². The standard InChI is InChI=1S/C13H17NO5/c1-13(2,3)10(12(18)19)14-11(17)7-5-4-6-8(15)9(7)16/h4-6,10,15-16H,1-3H3,(H,14,17)(H,18,19)/t10-/m1/s1. The quantitative estimate of drug-likeness (QED) is 0.618. The summed E-state index contributed by atoms with van der Waals surface area (Å²) < 4.78 is 0. The molecule has 0 aliphatic carbocycles. The third kappa shape index (κ3) is 3.37. The summed E-state index contributed by atoms with van der Waals surface area (Å²) in [4.78, 5) is 23.1. The number of carboxylic acids is 1. The van der Waals surface area contributed by atoms with E-state index in [0.29, 0.717) is 0 Å². The van der Waals surface area contributed by atoms with Gasteiger partial charge in [-0.05, 0) is 17.5 Å². The smallest absolute Gasteiger partial charge is 0.326 e. The number of nitrogens with one attached hydrogen (secondary N) is 1. The Balaban J connectivity index is 3.02. The van der Waals surface area contributed by atoms with Crippen LogP contribution in [0.2, 0.25) is 0 Å². The van der Waals surface area contributed by atoms with Gasteiger partial charge >= 0.3 is 5.97 Å². The van der Waals surface area contributed by atoms with Crippen molar-refractivity contribution >= 4 is 11.9 Å². The summed E-state index contributed by atoms with van der Waals surface area (Å²) in [6.07, 6.45) is 0. The molecule has 1 aromatic rings. The molecule has 1 amide bonds. The number of phenols is 2. The fourth-order valence-electron chi connectivity index (χ4n) is 1.57. The zero-order valence-electron chi connectivity index (χ0n) is 11.0. The third-order valence-electron chi connectivity index (χ3n) is 2.65. The molecule has 0 aliphatic rings. The number of carbonyl (C=O) groups is 2. The van der Waals surface area contributed by atoms with Crippen LogP contribution in [0.5, 0.6) is 11.5 Å². The van der Waals surface area contributed by atoms with Gasteiger partial charge in [0.05, 0.1) is 5.56 Å². The van der Waals surface area contributed by atoms with Crippen LogP contribution in [-0.4, -0.2) is 33.2 Å².